The molecule has 1 aliphatic carbocycles. The molecule has 0 aliphatic heterocycles. The van der Waals surface area contributed by atoms with Crippen LogP contribution in [0.3, 0.4) is 0 Å². The van der Waals surface area contributed by atoms with E-state index in [-0.39, 0.29) is 11.4 Å². The maximum atomic E-state index is 11.4. The van der Waals surface area contributed by atoms with E-state index in [0.717, 1.165) is 28.0 Å². The van der Waals surface area contributed by atoms with Crippen LogP contribution in [0.5, 0.6) is 0 Å². The summed E-state index contributed by atoms with van der Waals surface area (Å²) < 4.78 is 5.55. The molecule has 0 N–H and O–H groups in total. The standard InChI is InChI=1S/C14H14BrNO2S/c1-18-13(17)7-14(5-6-14)9-19-12-4-2-3-11(15)10(12)8-16/h2-4H,5-7,9H2,1H3. The molecule has 1 saturated carbocycles. The zero-order valence-corrected chi connectivity index (χ0v) is 13.0. The summed E-state index contributed by atoms with van der Waals surface area (Å²) >= 11 is 5.03. The average molecular weight is 340 g/mol. The molecule has 0 bridgehead atoms. The van der Waals surface area contributed by atoms with Gasteiger partial charge in [0.2, 0.25) is 0 Å². The fraction of sp³-hybridized carbons (Fsp3) is 0.429. The zero-order chi connectivity index (χ0) is 13.9. The van der Waals surface area contributed by atoms with Crippen molar-refractivity contribution in [3.63, 3.8) is 0 Å². The SMILES string of the molecule is COC(=O)CC1(CSc2cccc(Br)c2C#N)CC1. The van der Waals surface area contributed by atoms with Crippen molar-refractivity contribution < 1.29 is 9.53 Å². The maximum Gasteiger partial charge on any atom is 0.306 e. The number of nitriles is 1. The van der Waals surface area contributed by atoms with Crippen LogP contribution in [0, 0.1) is 16.7 Å². The van der Waals surface area contributed by atoms with Gasteiger partial charge in [-0.05, 0) is 46.3 Å². The number of hydrogen-bond donors (Lipinski definition) is 0. The number of nitrogens with zero attached hydrogens (tertiary/aromatic N) is 1. The van der Waals surface area contributed by atoms with Crippen molar-refractivity contribution in [1.82, 2.24) is 0 Å². The minimum Gasteiger partial charge on any atom is -0.469 e. The minimum absolute atomic E-state index is 0.0762. The van der Waals surface area contributed by atoms with Crippen LogP contribution in [0.15, 0.2) is 27.6 Å². The van der Waals surface area contributed by atoms with Gasteiger partial charge in [0, 0.05) is 15.1 Å². The van der Waals surface area contributed by atoms with Crippen molar-refractivity contribution in [2.75, 3.05) is 12.9 Å². The van der Waals surface area contributed by atoms with E-state index >= 15 is 0 Å². The first-order valence-corrected chi connectivity index (χ1v) is 7.76. The van der Waals surface area contributed by atoms with E-state index in [1.807, 2.05) is 18.2 Å². The number of carbonyl (C=O) groups excluding carboxylic acids is 1. The predicted octanol–water partition coefficient (Wildman–Crippen LogP) is 3.76. The molecule has 1 aromatic rings. The van der Waals surface area contributed by atoms with E-state index < -0.39 is 0 Å². The fourth-order valence-electron chi connectivity index (χ4n) is 1.89. The molecule has 0 radical (unpaired) electrons. The molecule has 100 valence electrons. The van der Waals surface area contributed by atoms with Crippen LogP contribution in [-0.4, -0.2) is 18.8 Å². The van der Waals surface area contributed by atoms with E-state index in [4.69, 9.17) is 10.00 Å². The lowest BCUT2D eigenvalue weighted by molar-refractivity contribution is -0.141. The topological polar surface area (TPSA) is 50.1 Å². The Morgan fingerprint density at radius 3 is 2.89 bits per heavy atom. The van der Waals surface area contributed by atoms with Gasteiger partial charge in [0.15, 0.2) is 0 Å². The third-order valence-corrected chi connectivity index (χ3v) is 5.39. The highest BCUT2D eigenvalue weighted by Crippen LogP contribution is 2.52. The van der Waals surface area contributed by atoms with Crippen molar-refractivity contribution >= 4 is 33.7 Å². The first-order chi connectivity index (χ1) is 9.10. The number of ether oxygens (including phenoxy) is 1. The number of benzene rings is 1. The molecule has 2 rings (SSSR count). The highest BCUT2D eigenvalue weighted by Gasteiger charge is 2.44. The van der Waals surface area contributed by atoms with Gasteiger partial charge in [0.25, 0.3) is 0 Å². The smallest absolute Gasteiger partial charge is 0.306 e. The predicted molar refractivity (Wildman–Crippen MR) is 77.9 cm³/mol. The van der Waals surface area contributed by atoms with Crippen molar-refractivity contribution in [2.24, 2.45) is 5.41 Å². The van der Waals surface area contributed by atoms with Crippen LogP contribution in [0.1, 0.15) is 24.8 Å². The summed E-state index contributed by atoms with van der Waals surface area (Å²) in [6.45, 7) is 0. The van der Waals surface area contributed by atoms with Crippen molar-refractivity contribution in [2.45, 2.75) is 24.2 Å². The number of methoxy groups -OCH3 is 1. The first kappa shape index (κ1) is 14.4. The number of carbonyl (C=O) groups is 1. The highest BCUT2D eigenvalue weighted by molar-refractivity contribution is 9.10. The van der Waals surface area contributed by atoms with Crippen LogP contribution in [0.4, 0.5) is 0 Å². The molecule has 0 heterocycles. The lowest BCUT2D eigenvalue weighted by atomic mass is 10.1. The van der Waals surface area contributed by atoms with Crippen LogP contribution in [0.25, 0.3) is 0 Å². The highest BCUT2D eigenvalue weighted by atomic mass is 79.9. The summed E-state index contributed by atoms with van der Waals surface area (Å²) in [6.07, 6.45) is 2.60. The fourth-order valence-corrected chi connectivity index (χ4v) is 3.80. The molecule has 1 aliphatic rings. The Hall–Kier alpha value is -0.990. The molecule has 5 heteroatoms. The van der Waals surface area contributed by atoms with Gasteiger partial charge in [-0.3, -0.25) is 4.79 Å². The number of rotatable bonds is 5. The third kappa shape index (κ3) is 3.52. The van der Waals surface area contributed by atoms with Gasteiger partial charge < -0.3 is 4.74 Å². The molecule has 0 unspecified atom stereocenters. The second-order valence-corrected chi connectivity index (χ2v) is 6.64. The number of thioether (sulfide) groups is 1. The average Bonchev–Trinajstić information content (AvgIpc) is 3.16. The molecule has 0 aromatic heterocycles. The molecule has 0 saturated heterocycles. The number of hydrogen-bond acceptors (Lipinski definition) is 4. The molecule has 19 heavy (non-hydrogen) atoms. The lowest BCUT2D eigenvalue weighted by Gasteiger charge is -2.13. The largest absolute Gasteiger partial charge is 0.469 e. The molecule has 1 fully saturated rings. The summed E-state index contributed by atoms with van der Waals surface area (Å²) in [5, 5.41) is 9.16. The summed E-state index contributed by atoms with van der Waals surface area (Å²) in [5.74, 6) is 0.709. The van der Waals surface area contributed by atoms with Crippen LogP contribution in [-0.2, 0) is 9.53 Å². The van der Waals surface area contributed by atoms with Gasteiger partial charge in [0.05, 0.1) is 19.1 Å². The van der Waals surface area contributed by atoms with Gasteiger partial charge in [-0.25, -0.2) is 0 Å². The second kappa shape index (κ2) is 5.98. The van der Waals surface area contributed by atoms with Crippen molar-refractivity contribution in [1.29, 1.82) is 5.26 Å². The number of halogens is 1. The lowest BCUT2D eigenvalue weighted by Crippen LogP contribution is -2.13. The molecule has 0 atom stereocenters. The summed E-state index contributed by atoms with van der Waals surface area (Å²) in [4.78, 5) is 12.3. The molecular weight excluding hydrogens is 326 g/mol. The van der Waals surface area contributed by atoms with Gasteiger partial charge >= 0.3 is 5.97 Å². The molecule has 3 nitrogen and oxygen atoms in total. The second-order valence-electron chi connectivity index (χ2n) is 4.77. The summed E-state index contributed by atoms with van der Waals surface area (Å²) in [5.41, 5.74) is 0.744. The van der Waals surface area contributed by atoms with Crippen LogP contribution < -0.4 is 0 Å². The van der Waals surface area contributed by atoms with E-state index in [0.29, 0.717) is 12.0 Å². The summed E-state index contributed by atoms with van der Waals surface area (Å²) in [7, 11) is 1.42. The van der Waals surface area contributed by atoms with Gasteiger partial charge in [-0.1, -0.05) is 6.07 Å². The molecule has 1 aromatic carbocycles. The summed E-state index contributed by atoms with van der Waals surface area (Å²) in [6, 6.07) is 7.95. The Morgan fingerprint density at radius 1 is 1.58 bits per heavy atom. The Balaban J connectivity index is 2.02. The molecule has 0 spiro atoms. The third-order valence-electron chi connectivity index (χ3n) is 3.33. The van der Waals surface area contributed by atoms with Crippen molar-refractivity contribution in [3.05, 3.63) is 28.2 Å². The minimum atomic E-state index is -0.146. The maximum absolute atomic E-state index is 11.4. The normalized spacial score (nSPS) is 15.6. The van der Waals surface area contributed by atoms with Crippen molar-refractivity contribution in [3.8, 4) is 6.07 Å². The van der Waals surface area contributed by atoms with Crippen LogP contribution in [0.2, 0.25) is 0 Å². The van der Waals surface area contributed by atoms with Gasteiger partial charge in [-0.15, -0.1) is 11.8 Å². The van der Waals surface area contributed by atoms with E-state index in [1.54, 1.807) is 11.8 Å². The Morgan fingerprint density at radius 2 is 2.32 bits per heavy atom. The van der Waals surface area contributed by atoms with Gasteiger partial charge in [0.1, 0.15) is 6.07 Å². The van der Waals surface area contributed by atoms with Crippen LogP contribution >= 0.6 is 27.7 Å². The Bertz CT molecular complexity index is 535. The van der Waals surface area contributed by atoms with Gasteiger partial charge in [-0.2, -0.15) is 5.26 Å². The van der Waals surface area contributed by atoms with E-state index in [9.17, 15) is 4.79 Å². The first-order valence-electron chi connectivity index (χ1n) is 5.98. The number of esters is 1. The molecular formula is C14H14BrNO2S. The quantitative estimate of drug-likeness (QED) is 0.605. The monoisotopic (exact) mass is 339 g/mol. The Labute approximate surface area is 125 Å². The van der Waals surface area contributed by atoms with E-state index in [2.05, 4.69) is 22.0 Å². The van der Waals surface area contributed by atoms with E-state index in [1.165, 1.54) is 7.11 Å². The molecule has 0 amide bonds. The zero-order valence-electron chi connectivity index (χ0n) is 10.6. The Kier molecular flexibility index (Phi) is 4.54.